The van der Waals surface area contributed by atoms with Crippen molar-refractivity contribution in [2.45, 2.75) is 38.1 Å². The number of nitrogens with zero attached hydrogens (tertiary/aromatic N) is 1. The van der Waals surface area contributed by atoms with Crippen molar-refractivity contribution < 1.29 is 29.0 Å². The van der Waals surface area contributed by atoms with Crippen LogP contribution < -0.4 is 10.1 Å². The summed E-state index contributed by atoms with van der Waals surface area (Å²) in [5, 5.41) is 11.0. The summed E-state index contributed by atoms with van der Waals surface area (Å²) >= 11 is 0. The first kappa shape index (κ1) is 18.6. The number of urea groups is 1. The topological polar surface area (TPSA) is 113 Å². The van der Waals surface area contributed by atoms with E-state index in [0.29, 0.717) is 5.56 Å². The average Bonchev–Trinajstić information content (AvgIpc) is 2.65. The van der Waals surface area contributed by atoms with Crippen LogP contribution in [0.2, 0.25) is 0 Å². The second-order valence-electron chi connectivity index (χ2n) is 6.50. The van der Waals surface area contributed by atoms with Gasteiger partial charge in [0.2, 0.25) is 0 Å². The van der Waals surface area contributed by atoms with Crippen LogP contribution in [0.1, 0.15) is 37.7 Å². The molecule has 0 spiro atoms. The Bertz CT molecular complexity index is 810. The van der Waals surface area contributed by atoms with Crippen LogP contribution in [0.15, 0.2) is 29.8 Å². The summed E-state index contributed by atoms with van der Waals surface area (Å²) in [5.41, 5.74) is 0.210. The lowest BCUT2D eigenvalue weighted by molar-refractivity contribution is -0.139. The van der Waals surface area contributed by atoms with Gasteiger partial charge in [0.05, 0.1) is 0 Å². The molecule has 2 aliphatic rings. The number of carboxylic acids is 1. The molecule has 0 bridgehead atoms. The molecule has 1 saturated heterocycles. The van der Waals surface area contributed by atoms with Gasteiger partial charge in [-0.1, -0.05) is 37.5 Å². The van der Waals surface area contributed by atoms with Gasteiger partial charge in [-0.15, -0.1) is 0 Å². The van der Waals surface area contributed by atoms with Crippen LogP contribution in [0, 0.1) is 0 Å². The zero-order chi connectivity index (χ0) is 19.4. The van der Waals surface area contributed by atoms with Crippen molar-refractivity contribution >= 4 is 29.9 Å². The third kappa shape index (κ3) is 4.16. The number of carbonyl (C=O) groups is 4. The van der Waals surface area contributed by atoms with Gasteiger partial charge in [0.1, 0.15) is 11.3 Å². The number of hydrogen-bond acceptors (Lipinski definition) is 5. The second kappa shape index (κ2) is 8.03. The van der Waals surface area contributed by atoms with Crippen LogP contribution in [0.4, 0.5) is 4.79 Å². The van der Waals surface area contributed by atoms with E-state index in [1.165, 1.54) is 6.08 Å². The van der Waals surface area contributed by atoms with Crippen LogP contribution >= 0.6 is 0 Å². The third-order valence-electron chi connectivity index (χ3n) is 4.64. The first-order valence-corrected chi connectivity index (χ1v) is 8.81. The highest BCUT2D eigenvalue weighted by atomic mass is 16.5. The molecule has 142 valence electrons. The Kier molecular flexibility index (Phi) is 5.54. The van der Waals surface area contributed by atoms with Crippen molar-refractivity contribution in [2.75, 3.05) is 6.61 Å². The Morgan fingerprint density at radius 3 is 2.59 bits per heavy atom. The minimum Gasteiger partial charge on any atom is -0.481 e. The number of carboxylic acid groups (broad SMARTS) is 1. The number of amides is 4. The summed E-state index contributed by atoms with van der Waals surface area (Å²) in [4.78, 5) is 49.2. The Morgan fingerprint density at radius 1 is 1.19 bits per heavy atom. The lowest BCUT2D eigenvalue weighted by Crippen LogP contribution is -2.58. The molecule has 0 aromatic heterocycles. The Labute approximate surface area is 155 Å². The molecule has 27 heavy (non-hydrogen) atoms. The molecule has 2 fully saturated rings. The first-order valence-electron chi connectivity index (χ1n) is 8.81. The predicted molar refractivity (Wildman–Crippen MR) is 94.8 cm³/mol. The minimum atomic E-state index is -1.14. The zero-order valence-electron chi connectivity index (χ0n) is 14.6. The molecule has 2 N–H and O–H groups in total. The van der Waals surface area contributed by atoms with Gasteiger partial charge in [-0.25, -0.2) is 9.59 Å². The van der Waals surface area contributed by atoms with E-state index in [0.717, 1.165) is 37.0 Å². The van der Waals surface area contributed by atoms with Crippen LogP contribution in [0.25, 0.3) is 6.08 Å². The van der Waals surface area contributed by atoms with Crippen molar-refractivity contribution in [3.8, 4) is 5.75 Å². The highest BCUT2D eigenvalue weighted by Crippen LogP contribution is 2.27. The molecule has 0 atom stereocenters. The maximum absolute atomic E-state index is 12.9. The quantitative estimate of drug-likeness (QED) is 0.603. The van der Waals surface area contributed by atoms with E-state index in [2.05, 4.69) is 5.32 Å². The smallest absolute Gasteiger partial charge is 0.341 e. The predicted octanol–water partition coefficient (Wildman–Crippen LogP) is 1.94. The van der Waals surface area contributed by atoms with Gasteiger partial charge in [0.15, 0.2) is 6.61 Å². The van der Waals surface area contributed by atoms with Crippen molar-refractivity contribution in [3.05, 3.63) is 35.4 Å². The number of rotatable bonds is 5. The monoisotopic (exact) mass is 372 g/mol. The number of barbiturate groups is 1. The average molecular weight is 372 g/mol. The van der Waals surface area contributed by atoms with Crippen LogP contribution in [-0.2, 0) is 14.4 Å². The molecule has 8 nitrogen and oxygen atoms in total. The number of hydrogen-bond donors (Lipinski definition) is 2. The van der Waals surface area contributed by atoms with E-state index < -0.39 is 30.4 Å². The number of ether oxygens (including phenoxy) is 1. The molecule has 8 heteroatoms. The fraction of sp³-hybridized carbons (Fsp3) is 0.368. The van der Waals surface area contributed by atoms with Gasteiger partial charge in [-0.2, -0.15) is 0 Å². The van der Waals surface area contributed by atoms with Crippen LogP contribution in [-0.4, -0.2) is 46.5 Å². The minimum absolute atomic E-state index is 0.174. The molecule has 4 amide bonds. The van der Waals surface area contributed by atoms with Crippen molar-refractivity contribution in [1.29, 1.82) is 0 Å². The van der Waals surface area contributed by atoms with Gasteiger partial charge in [-0.3, -0.25) is 19.8 Å². The summed E-state index contributed by atoms with van der Waals surface area (Å²) in [6.45, 7) is -0.549. The molecule has 1 aromatic rings. The van der Waals surface area contributed by atoms with E-state index in [1.54, 1.807) is 24.3 Å². The summed E-state index contributed by atoms with van der Waals surface area (Å²) in [6, 6.07) is 5.57. The number of benzene rings is 1. The van der Waals surface area contributed by atoms with E-state index >= 15 is 0 Å². The largest absolute Gasteiger partial charge is 0.481 e. The Hall–Kier alpha value is -3.16. The van der Waals surface area contributed by atoms with Gasteiger partial charge < -0.3 is 9.84 Å². The molecule has 1 heterocycles. The number of carbonyl (C=O) groups excluding carboxylic acids is 3. The Morgan fingerprint density at radius 2 is 1.89 bits per heavy atom. The van der Waals surface area contributed by atoms with E-state index in [1.807, 2.05) is 0 Å². The highest BCUT2D eigenvalue weighted by molar-refractivity contribution is 6.31. The lowest BCUT2D eigenvalue weighted by Gasteiger charge is -2.35. The molecular weight excluding hydrogens is 352 g/mol. The van der Waals surface area contributed by atoms with Gasteiger partial charge in [0, 0.05) is 11.6 Å². The number of para-hydroxylation sites is 1. The zero-order valence-corrected chi connectivity index (χ0v) is 14.6. The maximum atomic E-state index is 12.9. The molecule has 1 aliphatic carbocycles. The molecule has 1 aliphatic heterocycles. The van der Waals surface area contributed by atoms with E-state index in [4.69, 9.17) is 9.84 Å². The molecule has 1 aromatic carbocycles. The standard InChI is InChI=1S/C19H20N2O6/c22-16(23)11-27-15-9-5-4-6-12(15)10-14-17(24)20-19(26)21(18(14)25)13-7-2-1-3-8-13/h4-6,9-10,13H,1-3,7-8,11H2,(H,22,23)(H,20,24,26)/b14-10+. The fourth-order valence-corrected chi connectivity index (χ4v) is 3.37. The fourth-order valence-electron chi connectivity index (χ4n) is 3.37. The maximum Gasteiger partial charge on any atom is 0.341 e. The summed E-state index contributed by atoms with van der Waals surface area (Å²) in [7, 11) is 0. The number of nitrogens with one attached hydrogen (secondary N) is 1. The van der Waals surface area contributed by atoms with Gasteiger partial charge in [-0.05, 0) is 25.0 Å². The summed E-state index contributed by atoms with van der Waals surface area (Å²) in [5.74, 6) is -2.32. The molecule has 0 unspecified atom stereocenters. The summed E-state index contributed by atoms with van der Waals surface area (Å²) in [6.07, 6.45) is 5.70. The normalized spacial score (nSPS) is 19.9. The molecule has 0 radical (unpaired) electrons. The number of imide groups is 2. The van der Waals surface area contributed by atoms with Crippen LogP contribution in [0.3, 0.4) is 0 Å². The van der Waals surface area contributed by atoms with E-state index in [9.17, 15) is 19.2 Å². The number of aliphatic carboxylic acids is 1. The third-order valence-corrected chi connectivity index (χ3v) is 4.64. The molecular formula is C19H20N2O6. The highest BCUT2D eigenvalue weighted by Gasteiger charge is 2.40. The van der Waals surface area contributed by atoms with Crippen molar-refractivity contribution in [1.82, 2.24) is 10.2 Å². The van der Waals surface area contributed by atoms with Crippen molar-refractivity contribution in [2.24, 2.45) is 0 Å². The lowest BCUT2D eigenvalue weighted by atomic mass is 9.93. The first-order chi connectivity index (χ1) is 13.0. The van der Waals surface area contributed by atoms with Crippen LogP contribution in [0.5, 0.6) is 5.75 Å². The molecule has 3 rings (SSSR count). The van der Waals surface area contributed by atoms with Gasteiger partial charge >= 0.3 is 12.0 Å². The second-order valence-corrected chi connectivity index (χ2v) is 6.50. The Balaban J connectivity index is 1.90. The summed E-state index contributed by atoms with van der Waals surface area (Å²) < 4.78 is 5.21. The van der Waals surface area contributed by atoms with Gasteiger partial charge in [0.25, 0.3) is 11.8 Å². The molecule has 1 saturated carbocycles. The van der Waals surface area contributed by atoms with Crippen molar-refractivity contribution in [3.63, 3.8) is 0 Å². The van der Waals surface area contributed by atoms with E-state index in [-0.39, 0.29) is 17.4 Å². The SMILES string of the molecule is O=C(O)COc1ccccc1/C=C1\C(=O)NC(=O)N(C2CCCCC2)C1=O.